The van der Waals surface area contributed by atoms with Crippen LogP contribution in [0.15, 0.2) is 28.5 Å². The van der Waals surface area contributed by atoms with Crippen LogP contribution in [0, 0.1) is 0 Å². The summed E-state index contributed by atoms with van der Waals surface area (Å²) in [6.07, 6.45) is 1.59. The molecule has 1 aliphatic rings. The Balaban J connectivity index is 1.72. The summed E-state index contributed by atoms with van der Waals surface area (Å²) in [5, 5.41) is 6.92. The van der Waals surface area contributed by atoms with Gasteiger partial charge in [-0.05, 0) is 32.2 Å². The van der Waals surface area contributed by atoms with Crippen LogP contribution in [-0.2, 0) is 10.3 Å². The van der Waals surface area contributed by atoms with Crippen molar-refractivity contribution in [2.24, 2.45) is 0 Å². The molecule has 8 heteroatoms. The molecule has 3 aromatic heterocycles. The zero-order chi connectivity index (χ0) is 17.6. The monoisotopic (exact) mass is 359 g/mol. The van der Waals surface area contributed by atoms with Gasteiger partial charge in [0.25, 0.3) is 5.56 Å². The van der Waals surface area contributed by atoms with Crippen LogP contribution in [0.25, 0.3) is 11.0 Å². The average molecular weight is 359 g/mol. The fraction of sp³-hybridized carbons (Fsp3) is 0.471. The van der Waals surface area contributed by atoms with E-state index in [0.29, 0.717) is 36.7 Å². The van der Waals surface area contributed by atoms with E-state index >= 15 is 0 Å². The van der Waals surface area contributed by atoms with Crippen LogP contribution < -0.4 is 10.5 Å². The molecule has 1 N–H and O–H groups in total. The molecule has 0 radical (unpaired) electrons. The fourth-order valence-electron chi connectivity index (χ4n) is 3.04. The summed E-state index contributed by atoms with van der Waals surface area (Å²) in [4.78, 5) is 23.4. The average Bonchev–Trinajstić information content (AvgIpc) is 3.24. The van der Waals surface area contributed by atoms with Crippen LogP contribution in [0.3, 0.4) is 0 Å². The molecule has 0 amide bonds. The molecule has 1 saturated heterocycles. The highest BCUT2D eigenvalue weighted by Gasteiger charge is 2.26. The van der Waals surface area contributed by atoms with Crippen molar-refractivity contribution < 1.29 is 4.74 Å². The summed E-state index contributed by atoms with van der Waals surface area (Å²) in [7, 11) is 0. The molecule has 1 unspecified atom stereocenters. The Hall–Kier alpha value is -2.19. The van der Waals surface area contributed by atoms with Gasteiger partial charge in [0.05, 0.1) is 24.9 Å². The molecule has 4 rings (SSSR count). The lowest BCUT2D eigenvalue weighted by Gasteiger charge is -2.32. The Kier molecular flexibility index (Phi) is 3.88. The molecule has 0 bridgehead atoms. The van der Waals surface area contributed by atoms with Gasteiger partial charge in [-0.15, -0.1) is 11.3 Å². The largest absolute Gasteiger partial charge is 0.369 e. The quantitative estimate of drug-likeness (QED) is 0.761. The number of H-pyrrole nitrogens is 1. The first-order valence-electron chi connectivity index (χ1n) is 8.32. The second-order valence-electron chi connectivity index (χ2n) is 7.17. The van der Waals surface area contributed by atoms with Crippen molar-refractivity contribution in [3.8, 4) is 0 Å². The molecular formula is C17H21N5O2S. The van der Waals surface area contributed by atoms with Crippen molar-refractivity contribution in [1.29, 1.82) is 0 Å². The summed E-state index contributed by atoms with van der Waals surface area (Å²) in [5.41, 5.74) is 0.213. The van der Waals surface area contributed by atoms with E-state index in [1.165, 1.54) is 4.88 Å². The van der Waals surface area contributed by atoms with E-state index in [4.69, 9.17) is 9.72 Å². The van der Waals surface area contributed by atoms with Crippen molar-refractivity contribution >= 4 is 28.3 Å². The maximum atomic E-state index is 12.5. The molecule has 1 aliphatic heterocycles. The molecule has 132 valence electrons. The number of morpholine rings is 1. The molecule has 0 spiro atoms. The van der Waals surface area contributed by atoms with E-state index in [1.807, 2.05) is 32.2 Å². The van der Waals surface area contributed by atoms with Crippen LogP contribution >= 0.6 is 11.3 Å². The molecule has 0 saturated carbocycles. The van der Waals surface area contributed by atoms with Gasteiger partial charge in [0.2, 0.25) is 5.95 Å². The number of hydrogen-bond donors (Lipinski definition) is 1. The third-order valence-electron chi connectivity index (χ3n) is 4.29. The number of hydrogen-bond acceptors (Lipinski definition) is 6. The molecule has 4 heterocycles. The Morgan fingerprint density at radius 2 is 2.24 bits per heavy atom. The molecule has 1 fully saturated rings. The van der Waals surface area contributed by atoms with Crippen molar-refractivity contribution in [3.05, 3.63) is 38.9 Å². The lowest BCUT2D eigenvalue weighted by Crippen LogP contribution is -2.40. The minimum Gasteiger partial charge on any atom is -0.369 e. The van der Waals surface area contributed by atoms with E-state index < -0.39 is 0 Å². The highest BCUT2D eigenvalue weighted by atomic mass is 32.1. The molecule has 25 heavy (non-hydrogen) atoms. The van der Waals surface area contributed by atoms with E-state index in [9.17, 15) is 4.79 Å². The van der Waals surface area contributed by atoms with Gasteiger partial charge < -0.3 is 9.64 Å². The van der Waals surface area contributed by atoms with Gasteiger partial charge in [-0.3, -0.25) is 9.78 Å². The van der Waals surface area contributed by atoms with Gasteiger partial charge in [0, 0.05) is 11.4 Å². The number of aromatic nitrogens is 4. The van der Waals surface area contributed by atoms with Crippen molar-refractivity contribution in [3.63, 3.8) is 0 Å². The number of thiophene rings is 1. The van der Waals surface area contributed by atoms with Crippen LogP contribution in [-0.4, -0.2) is 39.4 Å². The van der Waals surface area contributed by atoms with E-state index in [-0.39, 0.29) is 17.2 Å². The van der Waals surface area contributed by atoms with Gasteiger partial charge in [-0.25, -0.2) is 4.68 Å². The van der Waals surface area contributed by atoms with Gasteiger partial charge >= 0.3 is 0 Å². The molecule has 7 nitrogen and oxygen atoms in total. The van der Waals surface area contributed by atoms with E-state index in [0.717, 1.165) is 0 Å². The summed E-state index contributed by atoms with van der Waals surface area (Å²) >= 11 is 1.68. The summed E-state index contributed by atoms with van der Waals surface area (Å²) < 4.78 is 7.69. The number of rotatable bonds is 2. The Labute approximate surface area is 149 Å². The second kappa shape index (κ2) is 5.96. The fourth-order valence-corrected chi connectivity index (χ4v) is 3.80. The normalized spacial score (nSPS) is 18.8. The van der Waals surface area contributed by atoms with Gasteiger partial charge in [-0.1, -0.05) is 6.07 Å². The predicted octanol–water partition coefficient (Wildman–Crippen LogP) is 2.51. The number of nitrogens with one attached hydrogen (secondary N) is 1. The first-order chi connectivity index (χ1) is 11.9. The molecule has 0 aromatic carbocycles. The lowest BCUT2D eigenvalue weighted by molar-refractivity contribution is 0.0415. The first kappa shape index (κ1) is 16.3. The van der Waals surface area contributed by atoms with Crippen LogP contribution in [0.1, 0.15) is 31.8 Å². The Morgan fingerprint density at radius 1 is 1.40 bits per heavy atom. The number of aromatic amines is 1. The van der Waals surface area contributed by atoms with Gasteiger partial charge in [0.15, 0.2) is 5.65 Å². The summed E-state index contributed by atoms with van der Waals surface area (Å²) in [5.74, 6) is 0.577. The van der Waals surface area contributed by atoms with Crippen molar-refractivity contribution in [2.45, 2.75) is 32.4 Å². The highest BCUT2D eigenvalue weighted by molar-refractivity contribution is 7.10. The van der Waals surface area contributed by atoms with E-state index in [2.05, 4.69) is 21.0 Å². The number of ether oxygens (including phenoxy) is 1. The molecule has 0 aliphatic carbocycles. The minimum absolute atomic E-state index is 0.00211. The van der Waals surface area contributed by atoms with Crippen molar-refractivity contribution in [1.82, 2.24) is 19.7 Å². The third-order valence-corrected chi connectivity index (χ3v) is 5.25. The van der Waals surface area contributed by atoms with Gasteiger partial charge in [0.1, 0.15) is 11.5 Å². The van der Waals surface area contributed by atoms with Crippen molar-refractivity contribution in [2.75, 3.05) is 24.6 Å². The third kappa shape index (κ3) is 2.96. The van der Waals surface area contributed by atoms with Crippen LogP contribution in [0.5, 0.6) is 0 Å². The van der Waals surface area contributed by atoms with E-state index in [1.54, 1.807) is 22.2 Å². The first-order valence-corrected chi connectivity index (χ1v) is 9.20. The molecule has 1 atom stereocenters. The standard InChI is InChI=1S/C17H21N5O2S/c1-17(2,3)22-14-11(9-18-22)15(23)20-16(19-14)21-6-7-24-12(10-21)13-5-4-8-25-13/h4-5,8-9,12H,6-7,10H2,1-3H3,(H,19,20,23). The minimum atomic E-state index is -0.246. The second-order valence-corrected chi connectivity index (χ2v) is 8.15. The number of nitrogens with zero attached hydrogens (tertiary/aromatic N) is 4. The molecular weight excluding hydrogens is 338 g/mol. The Bertz CT molecular complexity index is 938. The van der Waals surface area contributed by atoms with Gasteiger partial charge in [-0.2, -0.15) is 10.1 Å². The molecule has 3 aromatic rings. The zero-order valence-electron chi connectivity index (χ0n) is 14.5. The van der Waals surface area contributed by atoms with Crippen LogP contribution in [0.4, 0.5) is 5.95 Å². The number of fused-ring (bicyclic) bond motifs is 1. The summed E-state index contributed by atoms with van der Waals surface area (Å²) in [6.45, 7) is 8.10. The smallest absolute Gasteiger partial charge is 0.263 e. The maximum Gasteiger partial charge on any atom is 0.263 e. The predicted molar refractivity (Wildman–Crippen MR) is 98.4 cm³/mol. The maximum absolute atomic E-state index is 12.5. The SMILES string of the molecule is CC(C)(C)n1ncc2c(=O)[nH]c(N3CCOC(c4cccs4)C3)nc21. The number of anilines is 1. The lowest BCUT2D eigenvalue weighted by atomic mass is 10.1. The topological polar surface area (TPSA) is 76.0 Å². The Morgan fingerprint density at radius 3 is 2.96 bits per heavy atom. The van der Waals surface area contributed by atoms with Crippen LogP contribution in [0.2, 0.25) is 0 Å². The zero-order valence-corrected chi connectivity index (χ0v) is 15.3. The summed E-state index contributed by atoms with van der Waals surface area (Å²) in [6, 6.07) is 4.10. The highest BCUT2D eigenvalue weighted by Crippen LogP contribution is 2.28.